The van der Waals surface area contributed by atoms with Crippen LogP contribution in [-0.2, 0) is 4.57 Å². The van der Waals surface area contributed by atoms with E-state index in [0.29, 0.717) is 0 Å². The molecule has 0 N–H and O–H groups in total. The second kappa shape index (κ2) is 12.6. The van der Waals surface area contributed by atoms with E-state index in [0.717, 1.165) is 0 Å². The van der Waals surface area contributed by atoms with Crippen molar-refractivity contribution < 1.29 is 60.8 Å². The molecule has 2 nitrogen and oxygen atoms in total. The second-order valence-electron chi connectivity index (χ2n) is 1.23. The SMILES string of the molecule is O=P[O-].[K+].c1ccccc1. The van der Waals surface area contributed by atoms with Crippen LogP contribution >= 0.6 is 8.69 Å². The molecule has 0 bridgehead atoms. The zero-order chi connectivity index (χ0) is 6.95. The summed E-state index contributed by atoms with van der Waals surface area (Å²) in [5.74, 6) is 0. The van der Waals surface area contributed by atoms with Gasteiger partial charge in [-0.1, -0.05) is 36.4 Å². The van der Waals surface area contributed by atoms with Crippen LogP contribution in [0.2, 0.25) is 0 Å². The van der Waals surface area contributed by atoms with Crippen molar-refractivity contribution in [1.29, 1.82) is 0 Å². The van der Waals surface area contributed by atoms with Crippen LogP contribution in [-0.4, -0.2) is 0 Å². The average molecular weight is 180 g/mol. The molecule has 0 radical (unpaired) electrons. The van der Waals surface area contributed by atoms with Crippen molar-refractivity contribution >= 4 is 8.69 Å². The van der Waals surface area contributed by atoms with Crippen LogP contribution in [0.15, 0.2) is 36.4 Å². The molecule has 10 heavy (non-hydrogen) atoms. The van der Waals surface area contributed by atoms with Crippen molar-refractivity contribution in [3.8, 4) is 0 Å². The molecule has 48 valence electrons. The average Bonchev–Trinajstić information content (AvgIpc) is 1.93. The fourth-order valence-electron chi connectivity index (χ4n) is 0.385. The van der Waals surface area contributed by atoms with E-state index in [9.17, 15) is 0 Å². The Labute approximate surface area is 104 Å². The van der Waals surface area contributed by atoms with E-state index in [4.69, 9.17) is 9.46 Å². The number of rotatable bonds is 0. The standard InChI is InChI=1S/C6H6.K.HO2P/c1-2-4-6-5-3-1;;1-3-2/h1-6H;;(H,1,2)/q;+1;/p-1. The smallest absolute Gasteiger partial charge is 0.772 e. The van der Waals surface area contributed by atoms with Gasteiger partial charge in [0.2, 0.25) is 0 Å². The van der Waals surface area contributed by atoms with Crippen LogP contribution in [0.3, 0.4) is 0 Å². The van der Waals surface area contributed by atoms with E-state index in [1.807, 2.05) is 36.4 Å². The van der Waals surface area contributed by atoms with Crippen molar-refractivity contribution in [3.05, 3.63) is 36.4 Å². The molecule has 0 heterocycles. The molecule has 0 fully saturated rings. The molecule has 0 aliphatic heterocycles. The van der Waals surface area contributed by atoms with Crippen molar-refractivity contribution in [2.75, 3.05) is 0 Å². The van der Waals surface area contributed by atoms with Gasteiger partial charge in [0, 0.05) is 0 Å². The van der Waals surface area contributed by atoms with Gasteiger partial charge in [-0.2, -0.15) is 0 Å². The van der Waals surface area contributed by atoms with Gasteiger partial charge >= 0.3 is 51.4 Å². The Balaban J connectivity index is 0. The predicted molar refractivity (Wildman–Crippen MR) is 34.0 cm³/mol. The fourth-order valence-corrected chi connectivity index (χ4v) is 0.385. The van der Waals surface area contributed by atoms with Gasteiger partial charge in [0.05, 0.1) is 8.69 Å². The second-order valence-corrected chi connectivity index (χ2v) is 1.38. The molecule has 0 aliphatic carbocycles. The Hall–Kier alpha value is 0.916. The minimum atomic E-state index is -1.08. The van der Waals surface area contributed by atoms with E-state index in [-0.39, 0.29) is 51.4 Å². The zero-order valence-electron chi connectivity index (χ0n) is 5.73. The summed E-state index contributed by atoms with van der Waals surface area (Å²) in [4.78, 5) is 8.35. The Morgan fingerprint density at radius 3 is 1.10 bits per heavy atom. The van der Waals surface area contributed by atoms with Crippen LogP contribution in [0.5, 0.6) is 0 Å². The van der Waals surface area contributed by atoms with Gasteiger partial charge in [-0.3, -0.25) is 4.57 Å². The third-order valence-corrected chi connectivity index (χ3v) is 0.667. The molecule has 0 saturated heterocycles. The largest absolute Gasteiger partial charge is 1.00 e. The first-order valence-electron chi connectivity index (χ1n) is 2.37. The maximum absolute atomic E-state index is 8.35. The number of benzene rings is 1. The van der Waals surface area contributed by atoms with Gasteiger partial charge in [0.15, 0.2) is 0 Å². The van der Waals surface area contributed by atoms with Crippen molar-refractivity contribution in [2.45, 2.75) is 0 Å². The molecular formula is C6H6KO2P. The Morgan fingerprint density at radius 1 is 0.900 bits per heavy atom. The summed E-state index contributed by atoms with van der Waals surface area (Å²) in [5.41, 5.74) is 0. The van der Waals surface area contributed by atoms with E-state index in [1.165, 1.54) is 0 Å². The summed E-state index contributed by atoms with van der Waals surface area (Å²) in [6.07, 6.45) is 0. The summed E-state index contributed by atoms with van der Waals surface area (Å²) in [5, 5.41) is 0. The third-order valence-electron chi connectivity index (χ3n) is 0.667. The van der Waals surface area contributed by atoms with Gasteiger partial charge in [-0.15, -0.1) is 0 Å². The minimum Gasteiger partial charge on any atom is -0.772 e. The monoisotopic (exact) mass is 180 g/mol. The summed E-state index contributed by atoms with van der Waals surface area (Å²) >= 11 is 0. The van der Waals surface area contributed by atoms with E-state index < -0.39 is 8.69 Å². The maximum atomic E-state index is 8.35. The molecule has 0 atom stereocenters. The maximum Gasteiger partial charge on any atom is 1.00 e. The summed E-state index contributed by atoms with van der Waals surface area (Å²) < 4.78 is 8.35. The van der Waals surface area contributed by atoms with Crippen LogP contribution < -0.4 is 56.3 Å². The summed E-state index contributed by atoms with van der Waals surface area (Å²) in [6.45, 7) is 0. The molecule has 4 heteroatoms. The first-order chi connectivity index (χ1) is 4.41. The predicted octanol–water partition coefficient (Wildman–Crippen LogP) is -1.76. The van der Waals surface area contributed by atoms with Crippen LogP contribution in [0.25, 0.3) is 0 Å². The van der Waals surface area contributed by atoms with Gasteiger partial charge < -0.3 is 4.89 Å². The number of hydrogen-bond donors (Lipinski definition) is 0. The molecule has 0 aliphatic rings. The van der Waals surface area contributed by atoms with E-state index >= 15 is 0 Å². The van der Waals surface area contributed by atoms with Gasteiger partial charge in [0.25, 0.3) is 0 Å². The Bertz CT molecular complexity index is 119. The van der Waals surface area contributed by atoms with Gasteiger partial charge in [-0.05, 0) is 0 Å². The summed E-state index contributed by atoms with van der Waals surface area (Å²) in [6, 6.07) is 12.0. The number of hydrogen-bond acceptors (Lipinski definition) is 2. The Morgan fingerprint density at radius 2 is 1.00 bits per heavy atom. The van der Waals surface area contributed by atoms with Crippen molar-refractivity contribution in [3.63, 3.8) is 0 Å². The molecule has 0 spiro atoms. The van der Waals surface area contributed by atoms with Gasteiger partial charge in [-0.25, -0.2) is 0 Å². The van der Waals surface area contributed by atoms with Crippen molar-refractivity contribution in [2.24, 2.45) is 0 Å². The molecule has 0 saturated carbocycles. The Kier molecular flexibility index (Phi) is 17.0. The normalized spacial score (nSPS) is 6.90. The minimum absolute atomic E-state index is 0. The molecule has 1 rings (SSSR count). The van der Waals surface area contributed by atoms with E-state index in [1.54, 1.807) is 0 Å². The fraction of sp³-hybridized carbons (Fsp3) is 0. The molecule has 1 aromatic carbocycles. The molecular weight excluding hydrogens is 174 g/mol. The van der Waals surface area contributed by atoms with Crippen LogP contribution in [0.4, 0.5) is 0 Å². The van der Waals surface area contributed by atoms with Crippen LogP contribution in [0, 0.1) is 0 Å². The van der Waals surface area contributed by atoms with Gasteiger partial charge in [0.1, 0.15) is 0 Å². The van der Waals surface area contributed by atoms with Crippen molar-refractivity contribution in [1.82, 2.24) is 0 Å². The quantitative estimate of drug-likeness (QED) is 0.350. The molecule has 0 amide bonds. The van der Waals surface area contributed by atoms with Crippen LogP contribution in [0.1, 0.15) is 0 Å². The topological polar surface area (TPSA) is 40.1 Å². The molecule has 0 aromatic heterocycles. The zero-order valence-corrected chi connectivity index (χ0v) is 9.75. The first-order valence-corrected chi connectivity index (χ1v) is 3.10. The molecule has 1 aromatic rings. The first kappa shape index (κ1) is 13.5. The summed E-state index contributed by atoms with van der Waals surface area (Å²) in [7, 11) is -1.08. The molecule has 0 unspecified atom stereocenters. The third kappa shape index (κ3) is 11.7. The van der Waals surface area contributed by atoms with E-state index in [2.05, 4.69) is 0 Å².